The van der Waals surface area contributed by atoms with E-state index in [-0.39, 0.29) is 16.6 Å². The lowest BCUT2D eigenvalue weighted by molar-refractivity contribution is 0.0597. The second kappa shape index (κ2) is 6.63. The second-order valence-electron chi connectivity index (χ2n) is 8.85. The Morgan fingerprint density at radius 2 is 1.37 bits per heavy atom. The Morgan fingerprint density at radius 3 is 1.93 bits per heavy atom. The van der Waals surface area contributed by atoms with Crippen LogP contribution in [0.25, 0.3) is 0 Å². The van der Waals surface area contributed by atoms with Gasteiger partial charge < -0.3 is 4.74 Å². The lowest BCUT2D eigenvalue weighted by atomic mass is 9.62. The topological polar surface area (TPSA) is 43.4 Å². The first-order valence-electron chi connectivity index (χ1n) is 9.46. The van der Waals surface area contributed by atoms with E-state index in [1.54, 1.807) is 24.3 Å². The third kappa shape index (κ3) is 3.31. The van der Waals surface area contributed by atoms with Crippen LogP contribution in [0.2, 0.25) is 0 Å². The number of benzene rings is 2. The molecule has 2 aromatic carbocycles. The molecular formula is C24H28O3. The van der Waals surface area contributed by atoms with Crippen molar-refractivity contribution >= 4 is 11.8 Å². The molecule has 0 atom stereocenters. The van der Waals surface area contributed by atoms with Crippen LogP contribution in [-0.2, 0) is 15.6 Å². The number of fused-ring (bicyclic) bond motifs is 1. The predicted octanol–water partition coefficient (Wildman–Crippen LogP) is 5.36. The number of carbonyl (C=O) groups is 2. The maximum Gasteiger partial charge on any atom is 0.338 e. The molecule has 1 aliphatic rings. The van der Waals surface area contributed by atoms with Crippen LogP contribution in [0.1, 0.15) is 83.5 Å². The number of aryl methyl sites for hydroxylation is 1. The van der Waals surface area contributed by atoms with Crippen molar-refractivity contribution in [2.75, 3.05) is 7.11 Å². The summed E-state index contributed by atoms with van der Waals surface area (Å²) in [6.07, 6.45) is 2.22. The molecule has 0 spiro atoms. The highest BCUT2D eigenvalue weighted by molar-refractivity contribution is 6.15. The average Bonchev–Trinajstić information content (AvgIpc) is 2.64. The number of hydrogen-bond donors (Lipinski definition) is 0. The van der Waals surface area contributed by atoms with Gasteiger partial charge in [0.05, 0.1) is 12.7 Å². The molecule has 0 radical (unpaired) electrons. The average molecular weight is 364 g/mol. The number of rotatable bonds is 3. The van der Waals surface area contributed by atoms with Gasteiger partial charge in [-0.1, -0.05) is 52.0 Å². The van der Waals surface area contributed by atoms with E-state index in [2.05, 4.69) is 39.8 Å². The zero-order valence-corrected chi connectivity index (χ0v) is 17.1. The molecule has 2 aromatic rings. The molecule has 0 aromatic heterocycles. The molecule has 0 heterocycles. The summed E-state index contributed by atoms with van der Waals surface area (Å²) in [7, 11) is 1.33. The number of ether oxygens (including phenoxy) is 1. The molecule has 0 fully saturated rings. The predicted molar refractivity (Wildman–Crippen MR) is 108 cm³/mol. The van der Waals surface area contributed by atoms with Gasteiger partial charge in [0, 0.05) is 11.1 Å². The molecule has 0 aliphatic heterocycles. The summed E-state index contributed by atoms with van der Waals surface area (Å²) in [5, 5.41) is 0. The standard InChI is InChI=1S/C24H28O3/c1-15-13-19-20(24(4,5)12-11-23(19,2)3)14-18(15)21(25)16-9-7-8-10-17(16)22(26)27-6/h7-10,13-14H,11-12H2,1-6H3. The SMILES string of the molecule is COC(=O)c1ccccc1C(=O)c1cc2c(cc1C)C(C)(C)CCC2(C)C. The first kappa shape index (κ1) is 19.3. The van der Waals surface area contributed by atoms with E-state index >= 15 is 0 Å². The zero-order chi connectivity index (χ0) is 20.0. The normalized spacial score (nSPS) is 17.1. The smallest absolute Gasteiger partial charge is 0.338 e. The first-order chi connectivity index (χ1) is 12.6. The minimum atomic E-state index is -0.490. The van der Waals surface area contributed by atoms with Gasteiger partial charge in [-0.25, -0.2) is 4.79 Å². The quantitative estimate of drug-likeness (QED) is 0.544. The number of methoxy groups -OCH3 is 1. The summed E-state index contributed by atoms with van der Waals surface area (Å²) in [4.78, 5) is 25.5. The highest BCUT2D eigenvalue weighted by Crippen LogP contribution is 2.46. The lowest BCUT2D eigenvalue weighted by Crippen LogP contribution is -2.34. The maximum atomic E-state index is 13.4. The van der Waals surface area contributed by atoms with Gasteiger partial charge in [-0.2, -0.15) is 0 Å². The van der Waals surface area contributed by atoms with Crippen molar-refractivity contribution in [3.05, 3.63) is 69.8 Å². The van der Waals surface area contributed by atoms with Gasteiger partial charge in [0.2, 0.25) is 0 Å². The molecule has 3 heteroatoms. The Morgan fingerprint density at radius 1 is 0.852 bits per heavy atom. The summed E-state index contributed by atoms with van der Waals surface area (Å²) >= 11 is 0. The van der Waals surface area contributed by atoms with Crippen LogP contribution in [0.4, 0.5) is 0 Å². The van der Waals surface area contributed by atoms with Crippen molar-refractivity contribution in [2.45, 2.75) is 58.3 Å². The molecule has 0 saturated heterocycles. The summed E-state index contributed by atoms with van der Waals surface area (Å²) in [6.45, 7) is 11.0. The highest BCUT2D eigenvalue weighted by Gasteiger charge is 2.38. The summed E-state index contributed by atoms with van der Waals surface area (Å²) < 4.78 is 4.85. The summed E-state index contributed by atoms with van der Waals surface area (Å²) in [6, 6.07) is 11.1. The largest absolute Gasteiger partial charge is 0.465 e. The van der Waals surface area contributed by atoms with Crippen molar-refractivity contribution < 1.29 is 14.3 Å². The Balaban J connectivity index is 2.17. The first-order valence-corrected chi connectivity index (χ1v) is 9.46. The van der Waals surface area contributed by atoms with Crippen LogP contribution in [0.3, 0.4) is 0 Å². The van der Waals surface area contributed by atoms with E-state index < -0.39 is 5.97 Å². The molecule has 0 amide bonds. The molecule has 27 heavy (non-hydrogen) atoms. The minimum Gasteiger partial charge on any atom is -0.465 e. The van der Waals surface area contributed by atoms with Gasteiger partial charge in [-0.3, -0.25) is 4.79 Å². The highest BCUT2D eigenvalue weighted by atomic mass is 16.5. The summed E-state index contributed by atoms with van der Waals surface area (Å²) in [5.41, 5.74) is 5.00. The van der Waals surface area contributed by atoms with Gasteiger partial charge in [-0.15, -0.1) is 0 Å². The van der Waals surface area contributed by atoms with Crippen LogP contribution in [0.15, 0.2) is 36.4 Å². The molecular weight excluding hydrogens is 336 g/mol. The van der Waals surface area contributed by atoms with Crippen LogP contribution >= 0.6 is 0 Å². The Kier molecular flexibility index (Phi) is 4.75. The number of carbonyl (C=O) groups excluding carboxylic acids is 2. The fourth-order valence-electron chi connectivity index (χ4n) is 4.08. The van der Waals surface area contributed by atoms with Crippen LogP contribution in [-0.4, -0.2) is 18.9 Å². The molecule has 3 rings (SSSR count). The van der Waals surface area contributed by atoms with E-state index in [0.29, 0.717) is 16.7 Å². The van der Waals surface area contributed by atoms with E-state index in [0.717, 1.165) is 18.4 Å². The molecule has 0 saturated carbocycles. The second-order valence-corrected chi connectivity index (χ2v) is 8.85. The molecule has 3 nitrogen and oxygen atoms in total. The van der Waals surface area contributed by atoms with Gasteiger partial charge in [0.25, 0.3) is 0 Å². The third-order valence-electron chi connectivity index (χ3n) is 6.02. The van der Waals surface area contributed by atoms with Crippen LogP contribution in [0.5, 0.6) is 0 Å². The molecule has 1 aliphatic carbocycles. The zero-order valence-electron chi connectivity index (χ0n) is 17.1. The van der Waals surface area contributed by atoms with Crippen molar-refractivity contribution in [2.24, 2.45) is 0 Å². The van der Waals surface area contributed by atoms with E-state index in [4.69, 9.17) is 4.74 Å². The van der Waals surface area contributed by atoms with Gasteiger partial charge in [0.15, 0.2) is 5.78 Å². The Labute approximate surface area is 161 Å². The van der Waals surface area contributed by atoms with Crippen LogP contribution in [0, 0.1) is 6.92 Å². The van der Waals surface area contributed by atoms with E-state index in [1.807, 2.05) is 6.92 Å². The molecule has 142 valence electrons. The van der Waals surface area contributed by atoms with Gasteiger partial charge >= 0.3 is 5.97 Å². The van der Waals surface area contributed by atoms with Crippen molar-refractivity contribution in [3.8, 4) is 0 Å². The number of hydrogen-bond acceptors (Lipinski definition) is 3. The Bertz CT molecular complexity index is 919. The maximum absolute atomic E-state index is 13.4. The van der Waals surface area contributed by atoms with Gasteiger partial charge in [0.1, 0.15) is 0 Å². The van der Waals surface area contributed by atoms with Crippen molar-refractivity contribution in [1.82, 2.24) is 0 Å². The molecule has 0 N–H and O–H groups in total. The fourth-order valence-corrected chi connectivity index (χ4v) is 4.08. The lowest BCUT2D eigenvalue weighted by Gasteiger charge is -2.42. The summed E-state index contributed by atoms with van der Waals surface area (Å²) in [5.74, 6) is -0.619. The monoisotopic (exact) mass is 364 g/mol. The van der Waals surface area contributed by atoms with E-state index in [9.17, 15) is 9.59 Å². The fraction of sp³-hybridized carbons (Fsp3) is 0.417. The van der Waals surface area contributed by atoms with E-state index in [1.165, 1.54) is 18.2 Å². The van der Waals surface area contributed by atoms with Crippen molar-refractivity contribution in [3.63, 3.8) is 0 Å². The number of ketones is 1. The molecule has 0 bridgehead atoms. The van der Waals surface area contributed by atoms with Crippen LogP contribution < -0.4 is 0 Å². The van der Waals surface area contributed by atoms with Gasteiger partial charge in [-0.05, 0) is 59.4 Å². The third-order valence-corrected chi connectivity index (χ3v) is 6.02. The van der Waals surface area contributed by atoms with Crippen molar-refractivity contribution in [1.29, 1.82) is 0 Å². The number of esters is 1. The molecule has 0 unspecified atom stereocenters. The Hall–Kier alpha value is -2.42. The minimum absolute atomic E-state index is 0.0233.